The fourth-order valence-electron chi connectivity index (χ4n) is 2.49. The summed E-state index contributed by atoms with van der Waals surface area (Å²) in [5, 5.41) is 2.84. The topological polar surface area (TPSA) is 63.1 Å². The number of rotatable bonds is 10. The Kier molecular flexibility index (Phi) is 8.86. The van der Waals surface area contributed by atoms with E-state index in [0.29, 0.717) is 6.54 Å². The van der Waals surface area contributed by atoms with Crippen molar-refractivity contribution in [3.8, 4) is 5.75 Å². The van der Waals surface area contributed by atoms with Gasteiger partial charge >= 0.3 is 0 Å². The third kappa shape index (κ3) is 7.00. The van der Waals surface area contributed by atoms with E-state index in [9.17, 15) is 9.59 Å². The third-order valence-corrected chi connectivity index (χ3v) is 3.63. The van der Waals surface area contributed by atoms with Gasteiger partial charge in [-0.3, -0.25) is 9.59 Å². The summed E-state index contributed by atoms with van der Waals surface area (Å²) in [7, 11) is 3.46. The van der Waals surface area contributed by atoms with Crippen molar-refractivity contribution in [3.05, 3.63) is 24.3 Å². The highest BCUT2D eigenvalue weighted by Crippen LogP contribution is 2.14. The lowest BCUT2D eigenvalue weighted by Gasteiger charge is -2.23. The maximum atomic E-state index is 12.3. The van der Waals surface area contributed by atoms with Gasteiger partial charge in [-0.25, -0.2) is 0 Å². The average Bonchev–Trinajstić information content (AvgIpc) is 2.55. The van der Waals surface area contributed by atoms with Crippen LogP contribution in [0.5, 0.6) is 5.75 Å². The van der Waals surface area contributed by atoms with E-state index >= 15 is 0 Å². The van der Waals surface area contributed by atoms with Gasteiger partial charge in [0, 0.05) is 18.8 Å². The van der Waals surface area contributed by atoms with Crippen LogP contribution in [-0.2, 0) is 9.59 Å². The van der Waals surface area contributed by atoms with Crippen LogP contribution in [0.25, 0.3) is 0 Å². The predicted molar refractivity (Wildman–Crippen MR) is 95.4 cm³/mol. The second-order valence-corrected chi connectivity index (χ2v) is 5.97. The molecule has 0 aliphatic carbocycles. The molecule has 0 bridgehead atoms. The Balaban J connectivity index is 2.46. The third-order valence-electron chi connectivity index (χ3n) is 3.63. The number of anilines is 1. The van der Waals surface area contributed by atoms with Crippen LogP contribution in [0, 0.1) is 0 Å². The average molecular weight is 336 g/mol. The number of quaternary nitrogens is 1. The van der Waals surface area contributed by atoms with Crippen LogP contribution in [0.15, 0.2) is 24.3 Å². The lowest BCUT2D eigenvalue weighted by Crippen LogP contribution is -3.11. The van der Waals surface area contributed by atoms with Gasteiger partial charge in [-0.2, -0.15) is 0 Å². The van der Waals surface area contributed by atoms with E-state index in [0.717, 1.165) is 42.3 Å². The van der Waals surface area contributed by atoms with Crippen LogP contribution in [0.1, 0.15) is 26.7 Å². The van der Waals surface area contributed by atoms with Gasteiger partial charge in [0.25, 0.3) is 11.8 Å². The first-order valence-corrected chi connectivity index (χ1v) is 8.53. The van der Waals surface area contributed by atoms with Gasteiger partial charge in [0.05, 0.1) is 14.2 Å². The molecular formula is C18H30N3O3+. The van der Waals surface area contributed by atoms with Crippen molar-refractivity contribution in [2.24, 2.45) is 0 Å². The molecule has 0 aliphatic rings. The number of methoxy groups -OCH3 is 1. The van der Waals surface area contributed by atoms with Gasteiger partial charge < -0.3 is 19.9 Å². The highest BCUT2D eigenvalue weighted by molar-refractivity contribution is 5.91. The standard InChI is InChI=1S/C18H29N3O3/c1-5-11-21(12-6-2)18(23)14-20(3)13-17(22)19-15-7-9-16(24-4)10-8-15/h7-10H,5-6,11-14H2,1-4H3,(H,19,22)/p+1. The Morgan fingerprint density at radius 2 is 1.67 bits per heavy atom. The molecule has 2 N–H and O–H groups in total. The molecule has 134 valence electrons. The van der Waals surface area contributed by atoms with Gasteiger partial charge in [-0.15, -0.1) is 0 Å². The molecule has 1 unspecified atom stereocenters. The number of amides is 2. The molecule has 0 saturated carbocycles. The number of carbonyl (C=O) groups is 2. The van der Waals surface area contributed by atoms with Crippen LogP contribution >= 0.6 is 0 Å². The molecule has 0 aliphatic heterocycles. The number of nitrogens with zero attached hydrogens (tertiary/aromatic N) is 1. The molecule has 0 aromatic heterocycles. The molecule has 0 saturated heterocycles. The molecule has 1 rings (SSSR count). The summed E-state index contributed by atoms with van der Waals surface area (Å²) in [6.07, 6.45) is 1.89. The highest BCUT2D eigenvalue weighted by Gasteiger charge is 2.18. The first kappa shape index (κ1) is 20.0. The zero-order valence-corrected chi connectivity index (χ0v) is 15.2. The first-order valence-electron chi connectivity index (χ1n) is 8.53. The number of hydrogen-bond donors (Lipinski definition) is 2. The van der Waals surface area contributed by atoms with Gasteiger partial charge in [0.2, 0.25) is 0 Å². The van der Waals surface area contributed by atoms with Gasteiger partial charge in [0.15, 0.2) is 13.1 Å². The Morgan fingerprint density at radius 3 is 2.17 bits per heavy atom. The molecule has 0 radical (unpaired) electrons. The van der Waals surface area contributed by atoms with Crippen LogP contribution < -0.4 is 15.0 Å². The molecule has 6 nitrogen and oxygen atoms in total. The van der Waals surface area contributed by atoms with Crippen molar-refractivity contribution in [2.45, 2.75) is 26.7 Å². The van der Waals surface area contributed by atoms with Crippen molar-refractivity contribution in [3.63, 3.8) is 0 Å². The minimum absolute atomic E-state index is 0.105. The summed E-state index contributed by atoms with van der Waals surface area (Å²) in [6.45, 7) is 6.26. The minimum Gasteiger partial charge on any atom is -0.497 e. The van der Waals surface area contributed by atoms with Crippen molar-refractivity contribution in [1.82, 2.24) is 4.90 Å². The van der Waals surface area contributed by atoms with E-state index in [1.165, 1.54) is 0 Å². The molecule has 1 aromatic carbocycles. The number of carbonyl (C=O) groups excluding carboxylic acids is 2. The van der Waals surface area contributed by atoms with E-state index in [-0.39, 0.29) is 18.4 Å². The second-order valence-electron chi connectivity index (χ2n) is 5.97. The summed E-state index contributed by atoms with van der Waals surface area (Å²) in [5.41, 5.74) is 0.721. The maximum absolute atomic E-state index is 12.3. The largest absolute Gasteiger partial charge is 0.497 e. The molecule has 6 heteroatoms. The molecule has 24 heavy (non-hydrogen) atoms. The van der Waals surface area contributed by atoms with Crippen LogP contribution in [0.3, 0.4) is 0 Å². The molecule has 2 amide bonds. The first-order chi connectivity index (χ1) is 11.5. The molecule has 0 heterocycles. The number of ether oxygens (including phenoxy) is 1. The van der Waals surface area contributed by atoms with Crippen molar-refractivity contribution in [1.29, 1.82) is 0 Å². The highest BCUT2D eigenvalue weighted by atomic mass is 16.5. The second kappa shape index (κ2) is 10.6. The zero-order valence-electron chi connectivity index (χ0n) is 15.2. The van der Waals surface area contributed by atoms with Crippen LogP contribution in [-0.4, -0.2) is 57.1 Å². The van der Waals surface area contributed by atoms with Crippen molar-refractivity contribution >= 4 is 17.5 Å². The van der Waals surface area contributed by atoms with Gasteiger partial charge in [0.1, 0.15) is 5.75 Å². The van der Waals surface area contributed by atoms with E-state index in [1.807, 2.05) is 11.9 Å². The monoisotopic (exact) mass is 336 g/mol. The maximum Gasteiger partial charge on any atom is 0.279 e. The summed E-state index contributed by atoms with van der Waals surface area (Å²) >= 11 is 0. The predicted octanol–water partition coefficient (Wildman–Crippen LogP) is 0.797. The fraction of sp³-hybridized carbons (Fsp3) is 0.556. The summed E-state index contributed by atoms with van der Waals surface area (Å²) in [6, 6.07) is 7.18. The Labute approximate surface area is 144 Å². The van der Waals surface area contributed by atoms with E-state index in [4.69, 9.17) is 4.74 Å². The molecule has 0 fully saturated rings. The minimum atomic E-state index is -0.108. The van der Waals surface area contributed by atoms with E-state index in [2.05, 4.69) is 19.2 Å². The normalized spacial score (nSPS) is 11.7. The van der Waals surface area contributed by atoms with E-state index in [1.54, 1.807) is 31.4 Å². The molecule has 0 spiro atoms. The Morgan fingerprint density at radius 1 is 1.08 bits per heavy atom. The zero-order chi connectivity index (χ0) is 17.9. The number of likely N-dealkylation sites (N-methyl/N-ethyl adjacent to an activating group) is 1. The summed E-state index contributed by atoms with van der Waals surface area (Å²) in [4.78, 5) is 27.2. The quantitative estimate of drug-likeness (QED) is 0.664. The van der Waals surface area contributed by atoms with Crippen LogP contribution in [0.4, 0.5) is 5.69 Å². The van der Waals surface area contributed by atoms with Crippen molar-refractivity contribution < 1.29 is 19.2 Å². The number of hydrogen-bond acceptors (Lipinski definition) is 3. The smallest absolute Gasteiger partial charge is 0.279 e. The van der Waals surface area contributed by atoms with E-state index < -0.39 is 0 Å². The fourth-order valence-corrected chi connectivity index (χ4v) is 2.49. The molecular weight excluding hydrogens is 306 g/mol. The van der Waals surface area contributed by atoms with Gasteiger partial charge in [-0.05, 0) is 37.1 Å². The summed E-state index contributed by atoms with van der Waals surface area (Å²) in [5.74, 6) is 0.740. The van der Waals surface area contributed by atoms with Crippen LogP contribution in [0.2, 0.25) is 0 Å². The SMILES string of the molecule is CCCN(CCC)C(=O)C[NH+](C)CC(=O)Nc1ccc(OC)cc1. The number of benzene rings is 1. The lowest BCUT2D eigenvalue weighted by atomic mass is 10.3. The Hall–Kier alpha value is -2.08. The Bertz CT molecular complexity index is 511. The summed E-state index contributed by atoms with van der Waals surface area (Å²) < 4.78 is 5.09. The van der Waals surface area contributed by atoms with Crippen molar-refractivity contribution in [2.75, 3.05) is 45.7 Å². The number of nitrogens with one attached hydrogen (secondary N) is 2. The molecule has 1 atom stereocenters. The van der Waals surface area contributed by atoms with Gasteiger partial charge in [-0.1, -0.05) is 13.8 Å². The molecule has 1 aromatic rings. The lowest BCUT2D eigenvalue weighted by molar-refractivity contribution is -0.862.